The van der Waals surface area contributed by atoms with E-state index in [9.17, 15) is 8.42 Å². The van der Waals surface area contributed by atoms with Gasteiger partial charge in [0.2, 0.25) is 0 Å². The lowest BCUT2D eigenvalue weighted by atomic mass is 10.2. The van der Waals surface area contributed by atoms with E-state index in [1.54, 1.807) is 6.20 Å². The van der Waals surface area contributed by atoms with Crippen molar-refractivity contribution in [3.8, 4) is 0 Å². The first-order valence-corrected chi connectivity index (χ1v) is 8.06. The molecule has 0 aliphatic rings. The minimum atomic E-state index is -2.97. The second-order valence-electron chi connectivity index (χ2n) is 4.32. The zero-order chi connectivity index (χ0) is 12.2. The Hall–Kier alpha value is -0.460. The first kappa shape index (κ1) is 13.6. The zero-order valence-corrected chi connectivity index (χ0v) is 11.5. The van der Waals surface area contributed by atoms with E-state index in [1.165, 1.54) is 17.6 Å². The minimum absolute atomic E-state index is 0.0435. The third-order valence-corrected chi connectivity index (χ3v) is 3.82. The Labute approximate surface area is 101 Å². The van der Waals surface area contributed by atoms with Crippen LogP contribution in [0.5, 0.6) is 0 Å². The Morgan fingerprint density at radius 1 is 1.50 bits per heavy atom. The third-order valence-electron chi connectivity index (χ3n) is 1.84. The van der Waals surface area contributed by atoms with Gasteiger partial charge in [0.1, 0.15) is 10.8 Å². The Bertz CT molecular complexity index is 424. The SMILES string of the molecule is CC(C)CNCc1cnc(CS(C)(=O)=O)s1. The van der Waals surface area contributed by atoms with Crippen molar-refractivity contribution in [1.82, 2.24) is 10.3 Å². The Balaban J connectivity index is 2.46. The van der Waals surface area contributed by atoms with Gasteiger partial charge in [-0.05, 0) is 12.5 Å². The van der Waals surface area contributed by atoms with Crippen molar-refractivity contribution in [3.63, 3.8) is 0 Å². The molecule has 16 heavy (non-hydrogen) atoms. The molecule has 0 spiro atoms. The zero-order valence-electron chi connectivity index (χ0n) is 9.86. The average Bonchev–Trinajstić information content (AvgIpc) is 2.48. The summed E-state index contributed by atoms with van der Waals surface area (Å²) in [6, 6.07) is 0. The summed E-state index contributed by atoms with van der Waals surface area (Å²) < 4.78 is 22.1. The van der Waals surface area contributed by atoms with Crippen LogP contribution in [0.3, 0.4) is 0 Å². The molecule has 1 rings (SSSR count). The minimum Gasteiger partial charge on any atom is -0.312 e. The molecular weight excluding hydrogens is 244 g/mol. The molecule has 1 heterocycles. The van der Waals surface area contributed by atoms with Crippen molar-refractivity contribution in [3.05, 3.63) is 16.1 Å². The maximum Gasteiger partial charge on any atom is 0.153 e. The third kappa shape index (κ3) is 5.58. The highest BCUT2D eigenvalue weighted by Crippen LogP contribution is 2.15. The van der Waals surface area contributed by atoms with Crippen LogP contribution < -0.4 is 5.32 Å². The van der Waals surface area contributed by atoms with E-state index in [4.69, 9.17) is 0 Å². The molecule has 0 unspecified atom stereocenters. The van der Waals surface area contributed by atoms with Crippen LogP contribution in [0, 0.1) is 5.92 Å². The number of hydrogen-bond acceptors (Lipinski definition) is 5. The number of nitrogens with zero attached hydrogens (tertiary/aromatic N) is 1. The van der Waals surface area contributed by atoms with Crippen molar-refractivity contribution in [2.45, 2.75) is 26.1 Å². The van der Waals surface area contributed by atoms with Crippen LogP contribution in [0.2, 0.25) is 0 Å². The molecule has 0 radical (unpaired) electrons. The highest BCUT2D eigenvalue weighted by atomic mass is 32.2. The summed E-state index contributed by atoms with van der Waals surface area (Å²) in [5.74, 6) is 0.658. The first-order valence-electron chi connectivity index (χ1n) is 5.19. The fraction of sp³-hybridized carbons (Fsp3) is 0.700. The molecule has 92 valence electrons. The number of aromatic nitrogens is 1. The van der Waals surface area contributed by atoms with Gasteiger partial charge in [-0.3, -0.25) is 0 Å². The second kappa shape index (κ2) is 5.75. The Morgan fingerprint density at radius 2 is 2.19 bits per heavy atom. The number of sulfone groups is 1. The average molecular weight is 262 g/mol. The number of rotatable bonds is 6. The van der Waals surface area contributed by atoms with Crippen molar-refractivity contribution in [1.29, 1.82) is 0 Å². The summed E-state index contributed by atoms with van der Waals surface area (Å²) >= 11 is 1.46. The van der Waals surface area contributed by atoms with Gasteiger partial charge in [-0.1, -0.05) is 13.8 Å². The number of nitrogens with one attached hydrogen (secondary N) is 1. The normalized spacial score (nSPS) is 12.2. The van der Waals surface area contributed by atoms with Gasteiger partial charge in [0.15, 0.2) is 9.84 Å². The highest BCUT2D eigenvalue weighted by molar-refractivity contribution is 7.90. The van der Waals surface area contributed by atoms with Gasteiger partial charge in [0.25, 0.3) is 0 Å². The highest BCUT2D eigenvalue weighted by Gasteiger charge is 2.08. The van der Waals surface area contributed by atoms with E-state index < -0.39 is 9.84 Å². The monoisotopic (exact) mass is 262 g/mol. The maximum atomic E-state index is 11.1. The summed E-state index contributed by atoms with van der Waals surface area (Å²) in [5.41, 5.74) is 0. The summed E-state index contributed by atoms with van der Waals surface area (Å²) in [6.45, 7) is 6.02. The van der Waals surface area contributed by atoms with E-state index >= 15 is 0 Å². The molecular formula is C10H18N2O2S2. The van der Waals surface area contributed by atoms with Crippen LogP contribution in [0.1, 0.15) is 23.7 Å². The van der Waals surface area contributed by atoms with Crippen LogP contribution in [-0.4, -0.2) is 26.2 Å². The molecule has 0 saturated heterocycles. The lowest BCUT2D eigenvalue weighted by molar-refractivity contribution is 0.554. The van der Waals surface area contributed by atoms with Gasteiger partial charge in [0, 0.05) is 23.9 Å². The van der Waals surface area contributed by atoms with Gasteiger partial charge >= 0.3 is 0 Å². The van der Waals surface area contributed by atoms with E-state index in [1.807, 2.05) is 0 Å². The van der Waals surface area contributed by atoms with Crippen molar-refractivity contribution in [2.75, 3.05) is 12.8 Å². The molecule has 1 aromatic heterocycles. The quantitative estimate of drug-likeness (QED) is 0.842. The molecule has 0 aliphatic carbocycles. The smallest absolute Gasteiger partial charge is 0.153 e. The van der Waals surface area contributed by atoms with Gasteiger partial charge in [-0.25, -0.2) is 13.4 Å². The van der Waals surface area contributed by atoms with Crippen molar-refractivity contribution < 1.29 is 8.42 Å². The van der Waals surface area contributed by atoms with Crippen LogP contribution in [0.4, 0.5) is 0 Å². The van der Waals surface area contributed by atoms with Crippen LogP contribution in [0.25, 0.3) is 0 Å². The predicted molar refractivity (Wildman–Crippen MR) is 67.2 cm³/mol. The summed E-state index contributed by atoms with van der Waals surface area (Å²) in [7, 11) is -2.97. The molecule has 1 aromatic rings. The lowest BCUT2D eigenvalue weighted by Gasteiger charge is -2.04. The predicted octanol–water partition coefficient (Wildman–Crippen LogP) is 1.43. The van der Waals surface area contributed by atoms with E-state index in [2.05, 4.69) is 24.1 Å². The Kier molecular flexibility index (Phi) is 4.89. The molecule has 0 atom stereocenters. The van der Waals surface area contributed by atoms with E-state index in [-0.39, 0.29) is 5.75 Å². The van der Waals surface area contributed by atoms with Crippen LogP contribution in [0.15, 0.2) is 6.20 Å². The summed E-state index contributed by atoms with van der Waals surface area (Å²) in [6.07, 6.45) is 2.98. The standard InChI is InChI=1S/C10H18N2O2S2/c1-8(2)4-11-5-9-6-12-10(15-9)7-16(3,13)14/h6,8,11H,4-5,7H2,1-3H3. The Morgan fingerprint density at radius 3 is 2.75 bits per heavy atom. The molecule has 0 amide bonds. The van der Waals surface area contributed by atoms with Crippen molar-refractivity contribution >= 4 is 21.2 Å². The second-order valence-corrected chi connectivity index (χ2v) is 7.66. The number of hydrogen-bond donors (Lipinski definition) is 1. The van der Waals surface area contributed by atoms with Gasteiger partial charge in [-0.2, -0.15) is 0 Å². The molecule has 0 saturated carbocycles. The van der Waals surface area contributed by atoms with Crippen LogP contribution >= 0.6 is 11.3 Å². The van der Waals surface area contributed by atoms with E-state index in [0.29, 0.717) is 10.9 Å². The topological polar surface area (TPSA) is 59.1 Å². The molecule has 4 nitrogen and oxygen atoms in total. The van der Waals surface area contributed by atoms with Crippen LogP contribution in [-0.2, 0) is 22.1 Å². The molecule has 6 heteroatoms. The summed E-state index contributed by atoms with van der Waals surface area (Å²) in [4.78, 5) is 5.18. The number of thiazole rings is 1. The molecule has 0 bridgehead atoms. The van der Waals surface area contributed by atoms with Crippen molar-refractivity contribution in [2.24, 2.45) is 5.92 Å². The fourth-order valence-electron chi connectivity index (χ4n) is 1.20. The summed E-state index contributed by atoms with van der Waals surface area (Å²) in [5, 5.41) is 3.97. The lowest BCUT2D eigenvalue weighted by Crippen LogP contribution is -2.18. The van der Waals surface area contributed by atoms with E-state index in [0.717, 1.165) is 18.0 Å². The molecule has 0 fully saturated rings. The molecule has 1 N–H and O–H groups in total. The largest absolute Gasteiger partial charge is 0.312 e. The van der Waals surface area contributed by atoms with Gasteiger partial charge in [-0.15, -0.1) is 11.3 Å². The fourth-order valence-corrected chi connectivity index (χ4v) is 3.29. The molecule has 0 aliphatic heterocycles. The maximum absolute atomic E-state index is 11.1. The van der Waals surface area contributed by atoms with Gasteiger partial charge in [0.05, 0.1) is 0 Å². The molecule has 0 aromatic carbocycles. The van der Waals surface area contributed by atoms with Gasteiger partial charge < -0.3 is 5.32 Å². The first-order chi connectivity index (χ1) is 7.37.